The lowest BCUT2D eigenvalue weighted by atomic mass is 10.1. The maximum absolute atomic E-state index is 12.1. The van der Waals surface area contributed by atoms with Gasteiger partial charge in [-0.2, -0.15) is 0 Å². The number of hydrogen-bond acceptors (Lipinski definition) is 4. The van der Waals surface area contributed by atoms with Crippen molar-refractivity contribution in [2.75, 3.05) is 30.3 Å². The van der Waals surface area contributed by atoms with Crippen molar-refractivity contribution in [1.29, 1.82) is 0 Å². The van der Waals surface area contributed by atoms with Gasteiger partial charge in [-0.15, -0.1) is 0 Å². The number of carbonyl (C=O) groups is 1. The molecular formula is C22H28Cl2N2O4S. The normalized spacial score (nSPS) is 11.2. The molecule has 0 heterocycles. The molecule has 9 heteroatoms. The minimum absolute atomic E-state index is 0.158. The van der Waals surface area contributed by atoms with E-state index in [1.165, 1.54) is 15.9 Å². The lowest BCUT2D eigenvalue weighted by Crippen LogP contribution is -2.32. The van der Waals surface area contributed by atoms with Crippen LogP contribution >= 0.6 is 23.2 Å². The molecular weight excluding hydrogens is 459 g/mol. The fourth-order valence-corrected chi connectivity index (χ4v) is 4.25. The fourth-order valence-electron chi connectivity index (χ4n) is 3.00. The molecule has 0 bridgehead atoms. The van der Waals surface area contributed by atoms with E-state index < -0.39 is 10.0 Å². The Morgan fingerprint density at radius 3 is 2.42 bits per heavy atom. The Kier molecular flexibility index (Phi) is 9.93. The van der Waals surface area contributed by atoms with Crippen LogP contribution in [-0.4, -0.2) is 40.3 Å². The van der Waals surface area contributed by atoms with Gasteiger partial charge in [0.15, 0.2) is 0 Å². The number of nitrogens with zero attached hydrogens (tertiary/aromatic N) is 1. The van der Waals surface area contributed by atoms with Gasteiger partial charge in [0.05, 0.1) is 28.5 Å². The lowest BCUT2D eigenvalue weighted by Gasteiger charge is -2.22. The van der Waals surface area contributed by atoms with Crippen LogP contribution in [0, 0.1) is 0 Å². The summed E-state index contributed by atoms with van der Waals surface area (Å²) in [6.45, 7) is 3.03. The molecule has 6 nitrogen and oxygen atoms in total. The van der Waals surface area contributed by atoms with Crippen molar-refractivity contribution >= 4 is 44.8 Å². The van der Waals surface area contributed by atoms with Gasteiger partial charge in [0, 0.05) is 13.0 Å². The van der Waals surface area contributed by atoms with Crippen molar-refractivity contribution in [2.45, 2.75) is 32.6 Å². The summed E-state index contributed by atoms with van der Waals surface area (Å²) in [5, 5.41) is 3.40. The number of carbonyl (C=O) groups excluding carboxylic acids is 1. The van der Waals surface area contributed by atoms with Crippen molar-refractivity contribution in [3.63, 3.8) is 0 Å². The number of anilines is 1. The predicted molar refractivity (Wildman–Crippen MR) is 127 cm³/mol. The highest BCUT2D eigenvalue weighted by Crippen LogP contribution is 2.28. The van der Waals surface area contributed by atoms with E-state index in [0.717, 1.165) is 24.8 Å². The maximum Gasteiger partial charge on any atom is 0.232 e. The zero-order valence-electron chi connectivity index (χ0n) is 17.7. The van der Waals surface area contributed by atoms with Gasteiger partial charge in [-0.1, -0.05) is 48.7 Å². The molecule has 0 spiro atoms. The number of aryl methyl sites for hydroxylation is 1. The Bertz CT molecular complexity index is 966. The van der Waals surface area contributed by atoms with Crippen LogP contribution in [0.3, 0.4) is 0 Å². The molecule has 0 aliphatic heterocycles. The van der Waals surface area contributed by atoms with Crippen LogP contribution in [0.25, 0.3) is 0 Å². The SMILES string of the molecule is CCCc1ccc(OCCNC(=O)CCCN(c2ccc(Cl)c(Cl)c2)S(C)(=O)=O)cc1. The zero-order chi connectivity index (χ0) is 22.9. The summed E-state index contributed by atoms with van der Waals surface area (Å²) >= 11 is 11.9. The van der Waals surface area contributed by atoms with Crippen LogP contribution in [0.15, 0.2) is 42.5 Å². The van der Waals surface area contributed by atoms with Crippen molar-refractivity contribution < 1.29 is 17.9 Å². The van der Waals surface area contributed by atoms with E-state index in [0.29, 0.717) is 30.3 Å². The van der Waals surface area contributed by atoms with Gasteiger partial charge in [-0.05, 0) is 48.7 Å². The molecule has 1 amide bonds. The van der Waals surface area contributed by atoms with Gasteiger partial charge in [-0.3, -0.25) is 9.10 Å². The first kappa shape index (κ1) is 25.3. The average Bonchev–Trinajstić information content (AvgIpc) is 2.71. The number of nitrogens with one attached hydrogen (secondary N) is 1. The van der Waals surface area contributed by atoms with Gasteiger partial charge in [-0.25, -0.2) is 8.42 Å². The molecule has 0 saturated heterocycles. The third kappa shape index (κ3) is 8.59. The second-order valence-corrected chi connectivity index (χ2v) is 9.85. The molecule has 2 aromatic carbocycles. The van der Waals surface area contributed by atoms with Crippen LogP contribution in [0.1, 0.15) is 31.7 Å². The number of ether oxygens (including phenoxy) is 1. The quantitative estimate of drug-likeness (QED) is 0.441. The summed E-state index contributed by atoms with van der Waals surface area (Å²) in [5.74, 6) is 0.601. The van der Waals surface area contributed by atoms with Crippen LogP contribution in [-0.2, 0) is 21.2 Å². The highest BCUT2D eigenvalue weighted by molar-refractivity contribution is 7.92. The van der Waals surface area contributed by atoms with Gasteiger partial charge >= 0.3 is 0 Å². The van der Waals surface area contributed by atoms with Crippen LogP contribution in [0.5, 0.6) is 5.75 Å². The molecule has 0 aromatic heterocycles. The van der Waals surface area contributed by atoms with Crippen molar-refractivity contribution in [3.05, 3.63) is 58.1 Å². The minimum atomic E-state index is -3.52. The average molecular weight is 487 g/mol. The Morgan fingerprint density at radius 1 is 1.10 bits per heavy atom. The molecule has 2 aromatic rings. The highest BCUT2D eigenvalue weighted by atomic mass is 35.5. The van der Waals surface area contributed by atoms with Crippen LogP contribution in [0.2, 0.25) is 10.0 Å². The minimum Gasteiger partial charge on any atom is -0.492 e. The van der Waals surface area contributed by atoms with E-state index in [2.05, 4.69) is 12.2 Å². The number of amides is 1. The summed E-state index contributed by atoms with van der Waals surface area (Å²) in [6.07, 6.45) is 3.81. The van der Waals surface area contributed by atoms with Gasteiger partial charge in [0.25, 0.3) is 0 Å². The van der Waals surface area contributed by atoms with E-state index in [1.807, 2.05) is 24.3 Å². The molecule has 31 heavy (non-hydrogen) atoms. The van der Waals surface area contributed by atoms with Crippen molar-refractivity contribution in [1.82, 2.24) is 5.32 Å². The lowest BCUT2D eigenvalue weighted by molar-refractivity contribution is -0.121. The van der Waals surface area contributed by atoms with E-state index in [4.69, 9.17) is 27.9 Å². The van der Waals surface area contributed by atoms with Gasteiger partial charge < -0.3 is 10.1 Å². The van der Waals surface area contributed by atoms with E-state index >= 15 is 0 Å². The topological polar surface area (TPSA) is 75.7 Å². The number of benzene rings is 2. The molecule has 0 atom stereocenters. The summed E-state index contributed by atoms with van der Waals surface area (Å²) in [4.78, 5) is 12.1. The van der Waals surface area contributed by atoms with Crippen LogP contribution < -0.4 is 14.4 Å². The second kappa shape index (κ2) is 12.2. The Balaban J connectivity index is 1.74. The van der Waals surface area contributed by atoms with Gasteiger partial charge in [0.2, 0.25) is 15.9 Å². The molecule has 0 aliphatic carbocycles. The third-order valence-corrected chi connectivity index (χ3v) is 6.44. The summed E-state index contributed by atoms with van der Waals surface area (Å²) in [6, 6.07) is 12.6. The monoisotopic (exact) mass is 486 g/mol. The first-order valence-electron chi connectivity index (χ1n) is 10.1. The molecule has 0 saturated carbocycles. The number of halogens is 2. The molecule has 1 N–H and O–H groups in total. The Morgan fingerprint density at radius 2 is 1.81 bits per heavy atom. The highest BCUT2D eigenvalue weighted by Gasteiger charge is 2.18. The summed E-state index contributed by atoms with van der Waals surface area (Å²) < 4.78 is 31.1. The van der Waals surface area contributed by atoms with E-state index in [1.54, 1.807) is 12.1 Å². The predicted octanol–water partition coefficient (Wildman–Crippen LogP) is 4.69. The van der Waals surface area contributed by atoms with Crippen molar-refractivity contribution in [3.8, 4) is 5.75 Å². The standard InChI is InChI=1S/C22H28Cl2N2O4S/c1-3-5-17-7-10-19(11-8-17)30-15-13-25-22(27)6-4-14-26(31(2,28)29)18-9-12-20(23)21(24)16-18/h7-12,16H,3-6,13-15H2,1-2H3,(H,25,27). The summed E-state index contributed by atoms with van der Waals surface area (Å²) in [7, 11) is -3.52. The van der Waals surface area contributed by atoms with E-state index in [9.17, 15) is 13.2 Å². The third-order valence-electron chi connectivity index (χ3n) is 4.51. The van der Waals surface area contributed by atoms with Crippen LogP contribution in [0.4, 0.5) is 5.69 Å². The Labute approximate surface area is 194 Å². The molecule has 2 rings (SSSR count). The molecule has 0 aliphatic rings. The van der Waals surface area contributed by atoms with Gasteiger partial charge in [0.1, 0.15) is 12.4 Å². The second-order valence-electron chi connectivity index (χ2n) is 7.13. The molecule has 170 valence electrons. The largest absolute Gasteiger partial charge is 0.492 e. The molecule has 0 unspecified atom stereocenters. The molecule has 0 radical (unpaired) electrons. The Hall–Kier alpha value is -1.96. The summed E-state index contributed by atoms with van der Waals surface area (Å²) in [5.41, 5.74) is 1.68. The number of hydrogen-bond donors (Lipinski definition) is 1. The zero-order valence-corrected chi connectivity index (χ0v) is 20.1. The fraction of sp³-hybridized carbons (Fsp3) is 0.409. The maximum atomic E-state index is 12.1. The smallest absolute Gasteiger partial charge is 0.232 e. The number of rotatable bonds is 12. The van der Waals surface area contributed by atoms with Crippen molar-refractivity contribution in [2.24, 2.45) is 0 Å². The first-order valence-corrected chi connectivity index (χ1v) is 12.7. The van der Waals surface area contributed by atoms with E-state index in [-0.39, 0.29) is 23.9 Å². The first-order chi connectivity index (χ1) is 14.7. The molecule has 0 fully saturated rings. The number of sulfonamides is 1.